The van der Waals surface area contributed by atoms with Gasteiger partial charge in [0.25, 0.3) is 5.91 Å². The molecule has 0 radical (unpaired) electrons. The maximum Gasteiger partial charge on any atom is 0.265 e. The number of nitrogens with one attached hydrogen (secondary N) is 1. The first-order valence-corrected chi connectivity index (χ1v) is 8.08. The highest BCUT2D eigenvalue weighted by Gasteiger charge is 2.30. The Labute approximate surface area is 148 Å². The van der Waals surface area contributed by atoms with Crippen LogP contribution in [-0.2, 0) is 11.2 Å². The number of amides is 1. The van der Waals surface area contributed by atoms with Crippen LogP contribution in [0.5, 0.6) is 5.75 Å². The van der Waals surface area contributed by atoms with E-state index in [2.05, 4.69) is 10.4 Å². The standard InChI is InChI=1S/C19H15F2N3O2/c1-11-15(10-22-24(11)16-5-3-2-4-14(16)21)23-19(25)18-9-12-8-13(20)6-7-17(12)26-18/h2-8,10,18H,9H2,1H3,(H,23,25)/t18-/m0/s1. The molecule has 2 aromatic carbocycles. The minimum Gasteiger partial charge on any atom is -0.480 e. The number of carbonyl (C=O) groups excluding carboxylic acids is 1. The minimum absolute atomic E-state index is 0.291. The average Bonchev–Trinajstić information content (AvgIpc) is 3.19. The van der Waals surface area contributed by atoms with Crippen molar-refractivity contribution in [3.05, 3.63) is 71.6 Å². The van der Waals surface area contributed by atoms with E-state index in [0.29, 0.717) is 34.8 Å². The average molecular weight is 355 g/mol. The predicted molar refractivity (Wildman–Crippen MR) is 91.4 cm³/mol. The smallest absolute Gasteiger partial charge is 0.265 e. The van der Waals surface area contributed by atoms with Crippen molar-refractivity contribution in [3.8, 4) is 11.4 Å². The van der Waals surface area contributed by atoms with Crippen LogP contribution in [0.15, 0.2) is 48.7 Å². The zero-order valence-corrected chi connectivity index (χ0v) is 13.9. The van der Waals surface area contributed by atoms with Gasteiger partial charge in [0, 0.05) is 12.0 Å². The molecule has 4 rings (SSSR count). The van der Waals surface area contributed by atoms with E-state index in [-0.39, 0.29) is 11.7 Å². The van der Waals surface area contributed by atoms with E-state index in [9.17, 15) is 13.6 Å². The van der Waals surface area contributed by atoms with Gasteiger partial charge < -0.3 is 10.1 Å². The van der Waals surface area contributed by atoms with Crippen LogP contribution in [0.25, 0.3) is 5.69 Å². The van der Waals surface area contributed by atoms with Gasteiger partial charge in [0.2, 0.25) is 0 Å². The molecule has 26 heavy (non-hydrogen) atoms. The molecule has 132 valence electrons. The molecule has 0 saturated heterocycles. The molecule has 1 atom stereocenters. The summed E-state index contributed by atoms with van der Waals surface area (Å²) < 4.78 is 34.2. The van der Waals surface area contributed by atoms with Crippen LogP contribution < -0.4 is 10.1 Å². The van der Waals surface area contributed by atoms with Crippen molar-refractivity contribution in [1.82, 2.24) is 9.78 Å². The van der Waals surface area contributed by atoms with Gasteiger partial charge in [0.05, 0.1) is 17.6 Å². The van der Waals surface area contributed by atoms with E-state index in [4.69, 9.17) is 4.74 Å². The van der Waals surface area contributed by atoms with Crippen molar-refractivity contribution in [2.24, 2.45) is 0 Å². The molecular formula is C19H15F2N3O2. The number of benzene rings is 2. The lowest BCUT2D eigenvalue weighted by atomic mass is 10.1. The molecule has 7 heteroatoms. The summed E-state index contributed by atoms with van der Waals surface area (Å²) in [5, 5.41) is 6.90. The quantitative estimate of drug-likeness (QED) is 0.783. The molecule has 0 saturated carbocycles. The van der Waals surface area contributed by atoms with Gasteiger partial charge in [-0.2, -0.15) is 5.10 Å². The molecule has 2 heterocycles. The third-order valence-electron chi connectivity index (χ3n) is 4.34. The monoisotopic (exact) mass is 355 g/mol. The van der Waals surface area contributed by atoms with Crippen molar-refractivity contribution in [1.29, 1.82) is 0 Å². The molecule has 0 spiro atoms. The third-order valence-corrected chi connectivity index (χ3v) is 4.34. The Morgan fingerprint density at radius 2 is 2.08 bits per heavy atom. The Hall–Kier alpha value is -3.22. The van der Waals surface area contributed by atoms with E-state index in [1.807, 2.05) is 0 Å². The second-order valence-electron chi connectivity index (χ2n) is 6.06. The van der Waals surface area contributed by atoms with Gasteiger partial charge in [0.15, 0.2) is 6.10 Å². The molecule has 1 aliphatic rings. The number of para-hydroxylation sites is 1. The molecule has 1 amide bonds. The summed E-state index contributed by atoms with van der Waals surface area (Å²) in [5.74, 6) is -0.633. The van der Waals surface area contributed by atoms with Crippen LogP contribution in [0.4, 0.5) is 14.5 Å². The van der Waals surface area contributed by atoms with Crippen molar-refractivity contribution in [2.75, 3.05) is 5.32 Å². The maximum absolute atomic E-state index is 14.0. The van der Waals surface area contributed by atoms with Gasteiger partial charge in [-0.1, -0.05) is 12.1 Å². The fraction of sp³-hybridized carbons (Fsp3) is 0.158. The lowest BCUT2D eigenvalue weighted by Gasteiger charge is -2.11. The van der Waals surface area contributed by atoms with Gasteiger partial charge in [-0.3, -0.25) is 4.79 Å². The zero-order chi connectivity index (χ0) is 18.3. The summed E-state index contributed by atoms with van der Waals surface area (Å²) in [7, 11) is 0. The predicted octanol–water partition coefficient (Wildman–Crippen LogP) is 3.40. The summed E-state index contributed by atoms with van der Waals surface area (Å²) in [5.41, 5.74) is 2.00. The summed E-state index contributed by atoms with van der Waals surface area (Å²) in [6.45, 7) is 1.73. The second kappa shape index (κ2) is 6.25. The van der Waals surface area contributed by atoms with Gasteiger partial charge in [0.1, 0.15) is 23.1 Å². The highest BCUT2D eigenvalue weighted by atomic mass is 19.1. The summed E-state index contributed by atoms with van der Waals surface area (Å²) in [6, 6.07) is 10.4. The van der Waals surface area contributed by atoms with Crippen molar-refractivity contribution >= 4 is 11.6 Å². The number of nitrogens with zero attached hydrogens (tertiary/aromatic N) is 2. The molecule has 1 aromatic heterocycles. The number of hydrogen-bond acceptors (Lipinski definition) is 3. The Bertz CT molecular complexity index is 1000. The van der Waals surface area contributed by atoms with E-state index in [0.717, 1.165) is 0 Å². The number of hydrogen-bond donors (Lipinski definition) is 1. The molecule has 5 nitrogen and oxygen atoms in total. The van der Waals surface area contributed by atoms with Crippen LogP contribution in [0.1, 0.15) is 11.3 Å². The van der Waals surface area contributed by atoms with Crippen molar-refractivity contribution in [2.45, 2.75) is 19.4 Å². The fourth-order valence-corrected chi connectivity index (χ4v) is 2.98. The number of aromatic nitrogens is 2. The number of halogens is 2. The van der Waals surface area contributed by atoms with Gasteiger partial charge in [-0.25, -0.2) is 13.5 Å². The SMILES string of the molecule is Cc1c(NC(=O)[C@@H]2Cc3cc(F)ccc3O2)cnn1-c1ccccc1F. The van der Waals surface area contributed by atoms with Crippen LogP contribution >= 0.6 is 0 Å². The fourth-order valence-electron chi connectivity index (χ4n) is 2.98. The molecule has 0 fully saturated rings. The topological polar surface area (TPSA) is 56.1 Å². The Kier molecular flexibility index (Phi) is 3.91. The first kappa shape index (κ1) is 16.3. The van der Waals surface area contributed by atoms with E-state index < -0.39 is 11.9 Å². The molecule has 0 unspecified atom stereocenters. The lowest BCUT2D eigenvalue weighted by molar-refractivity contribution is -0.122. The van der Waals surface area contributed by atoms with Crippen molar-refractivity contribution < 1.29 is 18.3 Å². The Balaban J connectivity index is 1.52. The summed E-state index contributed by atoms with van der Waals surface area (Å²) in [6.07, 6.45) is 1.00. The van der Waals surface area contributed by atoms with Crippen LogP contribution in [0.2, 0.25) is 0 Å². The van der Waals surface area contributed by atoms with E-state index >= 15 is 0 Å². The minimum atomic E-state index is -0.747. The molecule has 1 aliphatic heterocycles. The molecular weight excluding hydrogens is 340 g/mol. The number of carbonyl (C=O) groups is 1. The van der Waals surface area contributed by atoms with Gasteiger partial charge in [-0.05, 0) is 37.3 Å². The number of anilines is 1. The molecule has 1 N–H and O–H groups in total. The summed E-state index contributed by atoms with van der Waals surface area (Å²) in [4.78, 5) is 12.5. The van der Waals surface area contributed by atoms with Crippen LogP contribution in [0, 0.1) is 18.6 Å². The maximum atomic E-state index is 14.0. The number of ether oxygens (including phenoxy) is 1. The molecule has 3 aromatic rings. The lowest BCUT2D eigenvalue weighted by Crippen LogP contribution is -2.31. The van der Waals surface area contributed by atoms with Crippen molar-refractivity contribution in [3.63, 3.8) is 0 Å². The number of fused-ring (bicyclic) bond motifs is 1. The van der Waals surface area contributed by atoms with Crippen LogP contribution in [0.3, 0.4) is 0 Å². The largest absolute Gasteiger partial charge is 0.480 e. The normalized spacial score (nSPS) is 15.4. The van der Waals surface area contributed by atoms with Gasteiger partial charge in [-0.15, -0.1) is 0 Å². The second-order valence-corrected chi connectivity index (χ2v) is 6.06. The molecule has 0 aliphatic carbocycles. The third kappa shape index (κ3) is 2.81. The first-order valence-electron chi connectivity index (χ1n) is 8.08. The highest BCUT2D eigenvalue weighted by molar-refractivity contribution is 5.95. The van der Waals surface area contributed by atoms with E-state index in [1.165, 1.54) is 35.1 Å². The highest BCUT2D eigenvalue weighted by Crippen LogP contribution is 2.30. The Morgan fingerprint density at radius 3 is 2.88 bits per heavy atom. The van der Waals surface area contributed by atoms with Gasteiger partial charge >= 0.3 is 0 Å². The summed E-state index contributed by atoms with van der Waals surface area (Å²) >= 11 is 0. The number of rotatable bonds is 3. The first-order chi connectivity index (χ1) is 12.5. The van der Waals surface area contributed by atoms with E-state index in [1.54, 1.807) is 25.1 Å². The zero-order valence-electron chi connectivity index (χ0n) is 13.9. The van der Waals surface area contributed by atoms with Crippen LogP contribution in [-0.4, -0.2) is 21.8 Å². The molecule has 0 bridgehead atoms. The Morgan fingerprint density at radius 1 is 1.27 bits per heavy atom.